The van der Waals surface area contributed by atoms with E-state index in [0.717, 1.165) is 0 Å². The first kappa shape index (κ1) is 9.11. The van der Waals surface area contributed by atoms with Crippen LogP contribution in [-0.4, -0.2) is 52.1 Å². The van der Waals surface area contributed by atoms with E-state index in [1.54, 1.807) is 0 Å². The Kier molecular flexibility index (Phi) is 1.94. The molecule has 5 heteroatoms. The van der Waals surface area contributed by atoms with Crippen LogP contribution in [0, 0.1) is 0 Å². The molecule has 13 heavy (non-hydrogen) atoms. The van der Waals surface area contributed by atoms with Crippen molar-refractivity contribution in [1.82, 2.24) is 0 Å². The molecule has 2 saturated heterocycles. The van der Waals surface area contributed by atoms with Crippen LogP contribution in [0.15, 0.2) is 12.7 Å². The molecule has 2 fully saturated rings. The standard InChI is InChI=1S/C8H12O5/c1-2-8-3-12-7(13-8)5(10)4(9)6(8)11/h2,4-7,9-11H,1,3H2. The minimum Gasteiger partial charge on any atom is -0.387 e. The predicted molar refractivity (Wildman–Crippen MR) is 41.8 cm³/mol. The molecule has 2 rings (SSSR count). The number of ether oxygens (including phenoxy) is 2. The Morgan fingerprint density at radius 1 is 1.31 bits per heavy atom. The average molecular weight is 188 g/mol. The molecule has 74 valence electrons. The van der Waals surface area contributed by atoms with Crippen LogP contribution in [0.25, 0.3) is 0 Å². The number of rotatable bonds is 1. The molecule has 0 radical (unpaired) electrons. The zero-order chi connectivity index (χ0) is 9.64. The van der Waals surface area contributed by atoms with Crippen molar-refractivity contribution < 1.29 is 24.8 Å². The van der Waals surface area contributed by atoms with Crippen molar-refractivity contribution in [2.75, 3.05) is 6.61 Å². The van der Waals surface area contributed by atoms with E-state index in [4.69, 9.17) is 9.47 Å². The Labute approximate surface area is 75.2 Å². The molecule has 3 N–H and O–H groups in total. The van der Waals surface area contributed by atoms with Gasteiger partial charge in [-0.2, -0.15) is 0 Å². The van der Waals surface area contributed by atoms with Gasteiger partial charge >= 0.3 is 0 Å². The summed E-state index contributed by atoms with van der Waals surface area (Å²) in [7, 11) is 0. The van der Waals surface area contributed by atoms with Crippen molar-refractivity contribution in [3.05, 3.63) is 12.7 Å². The Bertz CT molecular complexity index is 231. The van der Waals surface area contributed by atoms with E-state index in [9.17, 15) is 15.3 Å². The van der Waals surface area contributed by atoms with Crippen molar-refractivity contribution in [3.63, 3.8) is 0 Å². The second-order valence-corrected chi connectivity index (χ2v) is 3.38. The van der Waals surface area contributed by atoms with Gasteiger partial charge < -0.3 is 24.8 Å². The van der Waals surface area contributed by atoms with Crippen LogP contribution in [0.3, 0.4) is 0 Å². The fourth-order valence-corrected chi connectivity index (χ4v) is 1.68. The van der Waals surface area contributed by atoms with E-state index in [2.05, 4.69) is 6.58 Å². The number of hydrogen-bond acceptors (Lipinski definition) is 5. The largest absolute Gasteiger partial charge is 0.387 e. The van der Waals surface area contributed by atoms with Crippen LogP contribution in [0.1, 0.15) is 0 Å². The maximum atomic E-state index is 9.60. The van der Waals surface area contributed by atoms with Crippen molar-refractivity contribution in [3.8, 4) is 0 Å². The molecule has 0 amide bonds. The summed E-state index contributed by atoms with van der Waals surface area (Å²) < 4.78 is 10.3. The first-order valence-corrected chi connectivity index (χ1v) is 4.08. The van der Waals surface area contributed by atoms with E-state index in [-0.39, 0.29) is 6.61 Å². The smallest absolute Gasteiger partial charge is 0.187 e. The van der Waals surface area contributed by atoms with E-state index in [0.29, 0.717) is 0 Å². The highest BCUT2D eigenvalue weighted by molar-refractivity contribution is 5.12. The summed E-state index contributed by atoms with van der Waals surface area (Å²) in [6.45, 7) is 3.61. The Morgan fingerprint density at radius 3 is 2.62 bits per heavy atom. The molecule has 5 atom stereocenters. The fraction of sp³-hybridized carbons (Fsp3) is 0.750. The molecular formula is C8H12O5. The molecule has 2 aliphatic rings. The van der Waals surface area contributed by atoms with Crippen molar-refractivity contribution in [2.45, 2.75) is 30.2 Å². The lowest BCUT2D eigenvalue weighted by atomic mass is 9.89. The highest BCUT2D eigenvalue weighted by Gasteiger charge is 2.57. The molecule has 0 aromatic rings. The van der Waals surface area contributed by atoms with Gasteiger partial charge in [0.15, 0.2) is 6.29 Å². The summed E-state index contributed by atoms with van der Waals surface area (Å²) in [5, 5.41) is 28.4. The van der Waals surface area contributed by atoms with Gasteiger partial charge in [-0.15, -0.1) is 6.58 Å². The highest BCUT2D eigenvalue weighted by atomic mass is 16.8. The second kappa shape index (κ2) is 2.76. The van der Waals surface area contributed by atoms with Gasteiger partial charge in [0, 0.05) is 0 Å². The third-order valence-electron chi connectivity index (χ3n) is 2.61. The number of fused-ring (bicyclic) bond motifs is 2. The van der Waals surface area contributed by atoms with Crippen LogP contribution < -0.4 is 0 Å². The maximum Gasteiger partial charge on any atom is 0.187 e. The van der Waals surface area contributed by atoms with Gasteiger partial charge in [0.25, 0.3) is 0 Å². The van der Waals surface area contributed by atoms with Crippen LogP contribution in [-0.2, 0) is 9.47 Å². The zero-order valence-electron chi connectivity index (χ0n) is 6.96. The monoisotopic (exact) mass is 188 g/mol. The molecule has 5 unspecified atom stereocenters. The second-order valence-electron chi connectivity index (χ2n) is 3.38. The molecule has 0 aliphatic carbocycles. The number of aliphatic hydroxyl groups excluding tert-OH is 3. The minimum absolute atomic E-state index is 0.108. The lowest BCUT2D eigenvalue weighted by Gasteiger charge is -2.39. The summed E-state index contributed by atoms with van der Waals surface area (Å²) in [4.78, 5) is 0. The lowest BCUT2D eigenvalue weighted by Crippen LogP contribution is -2.59. The van der Waals surface area contributed by atoms with Crippen LogP contribution >= 0.6 is 0 Å². The third-order valence-corrected chi connectivity index (χ3v) is 2.61. The molecule has 0 aromatic heterocycles. The Morgan fingerprint density at radius 2 is 2.00 bits per heavy atom. The van der Waals surface area contributed by atoms with Crippen LogP contribution in [0.4, 0.5) is 0 Å². The molecule has 0 aromatic carbocycles. The number of hydrogen-bond donors (Lipinski definition) is 3. The summed E-state index contributed by atoms with van der Waals surface area (Å²) in [6, 6.07) is 0. The zero-order valence-corrected chi connectivity index (χ0v) is 6.96. The van der Waals surface area contributed by atoms with Gasteiger partial charge in [-0.05, 0) is 0 Å². The average Bonchev–Trinajstić information content (AvgIpc) is 2.55. The third kappa shape index (κ3) is 1.06. The SMILES string of the molecule is C=CC12COC(O1)C(O)C(O)C2O. The van der Waals surface area contributed by atoms with Crippen molar-refractivity contribution in [2.24, 2.45) is 0 Å². The van der Waals surface area contributed by atoms with Gasteiger partial charge in [0.1, 0.15) is 23.9 Å². The van der Waals surface area contributed by atoms with Crippen LogP contribution in [0.2, 0.25) is 0 Å². The van der Waals surface area contributed by atoms with Crippen LogP contribution in [0.5, 0.6) is 0 Å². The van der Waals surface area contributed by atoms with Gasteiger partial charge in [-0.3, -0.25) is 0 Å². The summed E-state index contributed by atoms with van der Waals surface area (Å²) >= 11 is 0. The highest BCUT2D eigenvalue weighted by Crippen LogP contribution is 2.37. The molecular weight excluding hydrogens is 176 g/mol. The summed E-state index contributed by atoms with van der Waals surface area (Å²) in [6.07, 6.45) is -3.12. The van der Waals surface area contributed by atoms with Gasteiger partial charge in [-0.25, -0.2) is 0 Å². The molecule has 2 bridgehead atoms. The van der Waals surface area contributed by atoms with E-state index in [1.807, 2.05) is 0 Å². The number of aliphatic hydroxyl groups is 3. The normalized spacial score (nSPS) is 55.0. The van der Waals surface area contributed by atoms with Gasteiger partial charge in [-0.1, -0.05) is 6.08 Å². The summed E-state index contributed by atoms with van der Waals surface area (Å²) in [5.74, 6) is 0. The molecule has 5 nitrogen and oxygen atoms in total. The lowest BCUT2D eigenvalue weighted by molar-refractivity contribution is -0.247. The Balaban J connectivity index is 2.30. The quantitative estimate of drug-likeness (QED) is 0.431. The first-order chi connectivity index (χ1) is 6.10. The van der Waals surface area contributed by atoms with E-state index < -0.39 is 30.2 Å². The van der Waals surface area contributed by atoms with Crippen molar-refractivity contribution in [1.29, 1.82) is 0 Å². The molecule has 2 heterocycles. The van der Waals surface area contributed by atoms with Gasteiger partial charge in [0.2, 0.25) is 0 Å². The first-order valence-electron chi connectivity index (χ1n) is 4.08. The molecule has 0 spiro atoms. The minimum atomic E-state index is -1.25. The van der Waals surface area contributed by atoms with E-state index in [1.165, 1.54) is 6.08 Å². The maximum absolute atomic E-state index is 9.60. The Hall–Kier alpha value is -0.460. The fourth-order valence-electron chi connectivity index (χ4n) is 1.68. The molecule has 2 aliphatic heterocycles. The molecule has 0 saturated carbocycles. The van der Waals surface area contributed by atoms with E-state index >= 15 is 0 Å². The predicted octanol–water partition coefficient (Wildman–Crippen LogP) is -1.62. The summed E-state index contributed by atoms with van der Waals surface area (Å²) in [5.41, 5.74) is -1.07. The van der Waals surface area contributed by atoms with Crippen molar-refractivity contribution >= 4 is 0 Å². The topological polar surface area (TPSA) is 79.2 Å². The van der Waals surface area contributed by atoms with Gasteiger partial charge in [0.05, 0.1) is 6.61 Å².